The summed E-state index contributed by atoms with van der Waals surface area (Å²) in [5.74, 6) is -0.378. The van der Waals surface area contributed by atoms with Crippen molar-refractivity contribution in [1.82, 2.24) is 15.0 Å². The van der Waals surface area contributed by atoms with Gasteiger partial charge in [0.2, 0.25) is 5.71 Å². The van der Waals surface area contributed by atoms with Crippen LogP contribution in [-0.2, 0) is 20.1 Å². The molecule has 0 N–H and O–H groups in total. The van der Waals surface area contributed by atoms with E-state index < -0.39 is 8.07 Å². The van der Waals surface area contributed by atoms with Gasteiger partial charge in [0.05, 0.1) is 13.7 Å². The van der Waals surface area contributed by atoms with Gasteiger partial charge in [-0.1, -0.05) is 85.4 Å². The minimum absolute atomic E-state index is 0. The van der Waals surface area contributed by atoms with E-state index in [1.165, 1.54) is 44.6 Å². The number of aromatic nitrogens is 3. The second kappa shape index (κ2) is 15.3. The van der Waals surface area contributed by atoms with E-state index in [9.17, 15) is 4.39 Å². The number of hydrogen-bond donors (Lipinski definition) is 0. The van der Waals surface area contributed by atoms with Gasteiger partial charge in [-0.05, 0) is 94.3 Å². The summed E-state index contributed by atoms with van der Waals surface area (Å²) in [6.45, 7) is 13.4. The predicted octanol–water partition coefficient (Wildman–Crippen LogP) is 11.3. The summed E-state index contributed by atoms with van der Waals surface area (Å²) in [7, 11) is -1.46. The number of furan rings is 1. The van der Waals surface area contributed by atoms with Crippen LogP contribution in [0.25, 0.3) is 66.8 Å². The molecule has 4 aromatic heterocycles. The average molecular weight is 876 g/mol. The first-order chi connectivity index (χ1) is 24.6. The molecule has 0 aliphatic carbocycles. The van der Waals surface area contributed by atoms with Crippen LogP contribution >= 0.6 is 0 Å². The van der Waals surface area contributed by atoms with Crippen molar-refractivity contribution in [2.45, 2.75) is 40.4 Å². The van der Waals surface area contributed by atoms with E-state index in [4.69, 9.17) is 9.40 Å². The van der Waals surface area contributed by atoms with Crippen molar-refractivity contribution in [3.8, 4) is 44.8 Å². The maximum atomic E-state index is 14.6. The van der Waals surface area contributed by atoms with Crippen LogP contribution in [0.3, 0.4) is 0 Å². The molecule has 0 fully saturated rings. The summed E-state index contributed by atoms with van der Waals surface area (Å²) in [6, 6.07) is 40.4. The van der Waals surface area contributed by atoms with Crippen molar-refractivity contribution in [2.24, 2.45) is 0 Å². The van der Waals surface area contributed by atoms with E-state index in [0.29, 0.717) is 33.3 Å². The van der Waals surface area contributed by atoms with Crippen LogP contribution in [0.15, 0.2) is 126 Å². The fraction of sp³-hybridized carbons (Fsp3) is 0.133. The SMILES string of the molecule is C[Si](C)(C)c1cnc(-c2[c-]cccc2)cc1-c1ccccc1.Cc1cc(C)c(-c2ccnc(-c3[c-]cc(F)c4c3oc3ncccc34)c2)c(C)c1.[Ir]. The molecule has 8 rings (SSSR count). The molecule has 0 amide bonds. The summed E-state index contributed by atoms with van der Waals surface area (Å²) in [5.41, 5.74) is 12.6. The molecule has 0 saturated carbocycles. The van der Waals surface area contributed by atoms with Crippen molar-refractivity contribution in [3.63, 3.8) is 0 Å². The van der Waals surface area contributed by atoms with Crippen LogP contribution in [0.1, 0.15) is 16.7 Å². The van der Waals surface area contributed by atoms with Gasteiger partial charge in [0.25, 0.3) is 0 Å². The molecular weight excluding hydrogens is 838 g/mol. The predicted molar refractivity (Wildman–Crippen MR) is 210 cm³/mol. The number of halogens is 1. The Kier molecular flexibility index (Phi) is 10.8. The molecule has 8 aromatic rings. The third kappa shape index (κ3) is 7.44. The molecule has 1 radical (unpaired) electrons. The number of pyridine rings is 3. The van der Waals surface area contributed by atoms with Gasteiger partial charge in [0, 0.05) is 49.9 Å². The zero-order valence-corrected chi connectivity index (χ0v) is 33.4. The molecule has 52 heavy (non-hydrogen) atoms. The van der Waals surface area contributed by atoms with Crippen LogP contribution in [0, 0.1) is 38.7 Å². The van der Waals surface area contributed by atoms with Gasteiger partial charge < -0.3 is 14.4 Å². The van der Waals surface area contributed by atoms with Gasteiger partial charge in [-0.25, -0.2) is 4.98 Å². The summed E-state index contributed by atoms with van der Waals surface area (Å²) >= 11 is 0. The number of hydrogen-bond acceptors (Lipinski definition) is 4. The van der Waals surface area contributed by atoms with Gasteiger partial charge in [-0.2, -0.15) is 0 Å². The van der Waals surface area contributed by atoms with Crippen molar-refractivity contribution >= 4 is 35.3 Å². The van der Waals surface area contributed by atoms with Crippen LogP contribution in [0.2, 0.25) is 19.6 Å². The molecule has 0 atom stereocenters. The Morgan fingerprint density at radius 1 is 0.712 bits per heavy atom. The molecule has 4 nitrogen and oxygen atoms in total. The first-order valence-corrected chi connectivity index (χ1v) is 20.5. The molecule has 0 unspecified atom stereocenters. The van der Waals surface area contributed by atoms with Crippen LogP contribution in [-0.4, -0.2) is 23.0 Å². The van der Waals surface area contributed by atoms with Gasteiger partial charge in [0.1, 0.15) is 0 Å². The average Bonchev–Trinajstić information content (AvgIpc) is 3.52. The van der Waals surface area contributed by atoms with E-state index in [0.717, 1.165) is 16.8 Å². The van der Waals surface area contributed by atoms with E-state index >= 15 is 0 Å². The van der Waals surface area contributed by atoms with Crippen molar-refractivity contribution in [2.75, 3.05) is 0 Å². The normalized spacial score (nSPS) is 11.2. The van der Waals surface area contributed by atoms with Gasteiger partial charge in [-0.3, -0.25) is 4.39 Å². The molecule has 0 spiro atoms. The summed E-state index contributed by atoms with van der Waals surface area (Å²) in [5, 5.41) is 2.46. The number of rotatable bonds is 5. The zero-order chi connectivity index (χ0) is 35.7. The fourth-order valence-corrected chi connectivity index (χ4v) is 8.25. The quantitative estimate of drug-likeness (QED) is 0.128. The first kappa shape index (κ1) is 36.7. The Bertz CT molecular complexity index is 2490. The molecule has 7 heteroatoms. The van der Waals surface area contributed by atoms with E-state index in [1.807, 2.05) is 36.4 Å². The smallest absolute Gasteiger partial charge is 0.216 e. The first-order valence-electron chi connectivity index (χ1n) is 17.0. The summed E-state index contributed by atoms with van der Waals surface area (Å²) < 4.78 is 20.5. The third-order valence-corrected chi connectivity index (χ3v) is 11.1. The molecule has 0 saturated heterocycles. The van der Waals surface area contributed by atoms with Crippen molar-refractivity contribution in [3.05, 3.63) is 156 Å². The Labute approximate surface area is 319 Å². The van der Waals surface area contributed by atoms with Crippen LogP contribution in [0.4, 0.5) is 4.39 Å². The monoisotopic (exact) mass is 876 g/mol. The molecule has 4 aromatic carbocycles. The van der Waals surface area contributed by atoms with E-state index in [-0.39, 0.29) is 25.9 Å². The standard InChI is InChI=1S/C25H18FN2O.C20H20NSi.Ir/c1-14-11-15(2)22(16(3)12-14)17-8-10-27-21(13-17)18-6-7-20(26)23-19-5-4-9-28-25(19)29-24(18)23;1-22(2,3)20-15-21-19(17-12-8-5-9-13-17)14-18(20)16-10-6-4-7-11-16;/h4-5,7-13H,1-3H3;4-12,14-15H,1-3H3;/q2*-1;. The largest absolute Gasteiger partial charge is 0.486 e. The second-order valence-electron chi connectivity index (χ2n) is 13.9. The minimum atomic E-state index is -1.46. The summed E-state index contributed by atoms with van der Waals surface area (Å²) in [4.78, 5) is 13.5. The Morgan fingerprint density at radius 2 is 1.46 bits per heavy atom. The molecule has 4 heterocycles. The Balaban J connectivity index is 0.000000182. The number of benzene rings is 4. The maximum Gasteiger partial charge on any atom is 0.216 e. The molecule has 261 valence electrons. The molecule has 0 aliphatic heterocycles. The van der Waals surface area contributed by atoms with Crippen LogP contribution in [0.5, 0.6) is 0 Å². The zero-order valence-electron chi connectivity index (χ0n) is 30.0. The van der Waals surface area contributed by atoms with Crippen molar-refractivity contribution in [1.29, 1.82) is 0 Å². The van der Waals surface area contributed by atoms with Gasteiger partial charge in [-0.15, -0.1) is 48.0 Å². The number of aryl methyl sites for hydroxylation is 3. The summed E-state index contributed by atoms with van der Waals surface area (Å²) in [6.07, 6.45) is 5.48. The third-order valence-electron chi connectivity index (χ3n) is 9.04. The van der Waals surface area contributed by atoms with E-state index in [1.54, 1.807) is 18.5 Å². The molecule has 0 aliphatic rings. The number of nitrogens with zero attached hydrogens (tertiary/aromatic N) is 3. The number of fused-ring (bicyclic) bond motifs is 3. The van der Waals surface area contributed by atoms with Gasteiger partial charge in [0.15, 0.2) is 0 Å². The Hall–Kier alpha value is -5.07. The van der Waals surface area contributed by atoms with Gasteiger partial charge >= 0.3 is 0 Å². The van der Waals surface area contributed by atoms with Crippen molar-refractivity contribution < 1.29 is 28.9 Å². The minimum Gasteiger partial charge on any atom is -0.486 e. The topological polar surface area (TPSA) is 51.8 Å². The molecule has 0 bridgehead atoms. The van der Waals surface area contributed by atoms with Crippen LogP contribution < -0.4 is 5.19 Å². The Morgan fingerprint density at radius 3 is 2.17 bits per heavy atom. The van der Waals surface area contributed by atoms with E-state index in [2.05, 4.69) is 123 Å². The molecular formula is C45H38FIrN3OSi-2. The second-order valence-corrected chi connectivity index (χ2v) is 18.9. The maximum absolute atomic E-state index is 14.6. The fourth-order valence-electron chi connectivity index (χ4n) is 6.78.